The molecule has 228 valence electrons. The monoisotopic (exact) mass is 593 g/mol. The molecule has 0 spiro atoms. The standard InChI is InChI=1S/C33H38F3N5O2/c34-33(35,36)27-3-1-4-28(20-27)40-17-10-25(11-18-40)31(42)41-16-9-24(22-41)19-23-7-12-32(43,13-8-23)29-6-5-26(21-39-29)30-37-14-2-15-38-30/h1-6,14-15,20-21,23-25,43H,7-13,16-19,22H2/t23?,24-,32?/m1/s1. The Balaban J connectivity index is 0.955. The van der Waals surface area contributed by atoms with Crippen molar-refractivity contribution < 1.29 is 23.1 Å². The molecule has 3 aliphatic rings. The van der Waals surface area contributed by atoms with Gasteiger partial charge in [-0.15, -0.1) is 0 Å². The molecule has 0 radical (unpaired) electrons. The fraction of sp³-hybridized carbons (Fsp3) is 0.515. The number of alkyl halides is 3. The third-order valence-corrected chi connectivity index (χ3v) is 9.64. The maximum absolute atomic E-state index is 13.3. The van der Waals surface area contributed by atoms with Crippen LogP contribution in [0.1, 0.15) is 62.6 Å². The van der Waals surface area contributed by atoms with Gasteiger partial charge < -0.3 is 14.9 Å². The Kier molecular flexibility index (Phi) is 8.40. The lowest BCUT2D eigenvalue weighted by atomic mass is 9.74. The fourth-order valence-corrected chi connectivity index (χ4v) is 7.11. The molecule has 1 aliphatic carbocycles. The van der Waals surface area contributed by atoms with Gasteiger partial charge in [0.2, 0.25) is 5.91 Å². The van der Waals surface area contributed by atoms with Gasteiger partial charge in [-0.05, 0) is 99.6 Å². The van der Waals surface area contributed by atoms with Crippen molar-refractivity contribution in [3.8, 4) is 11.4 Å². The van der Waals surface area contributed by atoms with Gasteiger partial charge in [0.25, 0.3) is 0 Å². The van der Waals surface area contributed by atoms with Gasteiger partial charge in [0, 0.05) is 61.9 Å². The molecule has 6 rings (SSSR count). The second kappa shape index (κ2) is 12.2. The minimum atomic E-state index is -4.36. The van der Waals surface area contributed by atoms with Crippen LogP contribution in [0.2, 0.25) is 0 Å². The van der Waals surface area contributed by atoms with Gasteiger partial charge in [0.05, 0.1) is 11.3 Å². The van der Waals surface area contributed by atoms with Crippen molar-refractivity contribution in [2.75, 3.05) is 31.1 Å². The number of nitrogens with zero attached hydrogens (tertiary/aromatic N) is 5. The van der Waals surface area contributed by atoms with Gasteiger partial charge in [-0.2, -0.15) is 13.2 Å². The molecule has 2 aromatic heterocycles. The zero-order valence-corrected chi connectivity index (χ0v) is 24.2. The first-order valence-corrected chi connectivity index (χ1v) is 15.4. The lowest BCUT2D eigenvalue weighted by Crippen LogP contribution is -2.42. The summed E-state index contributed by atoms with van der Waals surface area (Å²) in [5, 5.41) is 11.4. The van der Waals surface area contributed by atoms with Crippen LogP contribution in [0.5, 0.6) is 0 Å². The predicted octanol–water partition coefficient (Wildman–Crippen LogP) is 6.09. The molecule has 1 atom stereocenters. The van der Waals surface area contributed by atoms with E-state index in [0.29, 0.717) is 67.8 Å². The average Bonchev–Trinajstić information content (AvgIpc) is 3.51. The van der Waals surface area contributed by atoms with Crippen molar-refractivity contribution in [2.24, 2.45) is 17.8 Å². The van der Waals surface area contributed by atoms with E-state index >= 15 is 0 Å². The van der Waals surface area contributed by atoms with E-state index in [9.17, 15) is 23.1 Å². The predicted molar refractivity (Wildman–Crippen MR) is 157 cm³/mol. The molecule has 2 aliphatic heterocycles. The van der Waals surface area contributed by atoms with Crippen LogP contribution < -0.4 is 4.90 Å². The quantitative estimate of drug-likeness (QED) is 0.373. The van der Waals surface area contributed by atoms with Crippen molar-refractivity contribution in [3.63, 3.8) is 0 Å². The number of benzene rings is 1. The normalized spacial score (nSPS) is 25.2. The molecule has 4 heterocycles. The fourth-order valence-electron chi connectivity index (χ4n) is 7.11. The van der Waals surface area contributed by atoms with E-state index in [-0.39, 0.29) is 11.8 Å². The second-order valence-corrected chi connectivity index (χ2v) is 12.5. The minimum Gasteiger partial charge on any atom is -0.384 e. The van der Waals surface area contributed by atoms with E-state index in [1.807, 2.05) is 21.9 Å². The molecule has 0 unspecified atom stereocenters. The summed E-state index contributed by atoms with van der Waals surface area (Å²) in [6.07, 6.45) is 7.34. The number of pyridine rings is 1. The lowest BCUT2D eigenvalue weighted by molar-refractivity contribution is -0.137. The highest BCUT2D eigenvalue weighted by atomic mass is 19.4. The highest BCUT2D eigenvalue weighted by Crippen LogP contribution is 2.42. The molecule has 1 amide bonds. The highest BCUT2D eigenvalue weighted by Gasteiger charge is 2.39. The number of amides is 1. The molecule has 0 bridgehead atoms. The smallest absolute Gasteiger partial charge is 0.384 e. The summed E-state index contributed by atoms with van der Waals surface area (Å²) < 4.78 is 39.4. The van der Waals surface area contributed by atoms with E-state index in [4.69, 9.17) is 0 Å². The van der Waals surface area contributed by atoms with Gasteiger partial charge in [0.15, 0.2) is 5.82 Å². The summed E-state index contributed by atoms with van der Waals surface area (Å²) in [5.74, 6) is 1.72. The van der Waals surface area contributed by atoms with Gasteiger partial charge >= 0.3 is 6.18 Å². The Hall–Kier alpha value is -3.53. The first kappa shape index (κ1) is 29.5. The third kappa shape index (κ3) is 6.69. The molecule has 3 aromatic rings. The largest absolute Gasteiger partial charge is 0.416 e. The zero-order valence-electron chi connectivity index (χ0n) is 24.2. The zero-order chi connectivity index (χ0) is 30.0. The number of likely N-dealkylation sites (tertiary alicyclic amines) is 1. The van der Waals surface area contributed by atoms with Crippen LogP contribution in [0.25, 0.3) is 11.4 Å². The number of halogens is 3. The molecule has 1 N–H and O–H groups in total. The Morgan fingerprint density at radius 3 is 2.33 bits per heavy atom. The Labute approximate surface area is 250 Å². The van der Waals surface area contributed by atoms with Gasteiger partial charge in [0.1, 0.15) is 5.60 Å². The first-order valence-electron chi connectivity index (χ1n) is 15.4. The molecule has 43 heavy (non-hydrogen) atoms. The number of carbonyl (C=O) groups excluding carboxylic acids is 1. The summed E-state index contributed by atoms with van der Waals surface area (Å²) in [4.78, 5) is 30.4. The third-order valence-electron chi connectivity index (χ3n) is 9.64. The Morgan fingerprint density at radius 1 is 0.907 bits per heavy atom. The van der Waals surface area contributed by atoms with Crippen LogP contribution in [0, 0.1) is 17.8 Å². The van der Waals surface area contributed by atoms with Crippen molar-refractivity contribution in [1.29, 1.82) is 0 Å². The van der Waals surface area contributed by atoms with Crippen LogP contribution in [-0.4, -0.2) is 57.0 Å². The molecule has 10 heteroatoms. The Morgan fingerprint density at radius 2 is 1.65 bits per heavy atom. The molecule has 1 saturated carbocycles. The van der Waals surface area contributed by atoms with Gasteiger partial charge in [-0.1, -0.05) is 6.07 Å². The summed E-state index contributed by atoms with van der Waals surface area (Å²) in [6, 6.07) is 11.0. The summed E-state index contributed by atoms with van der Waals surface area (Å²) >= 11 is 0. The maximum atomic E-state index is 13.3. The highest BCUT2D eigenvalue weighted by molar-refractivity contribution is 5.79. The van der Waals surface area contributed by atoms with E-state index in [1.165, 1.54) is 12.1 Å². The molecule has 1 aromatic carbocycles. The van der Waals surface area contributed by atoms with Crippen molar-refractivity contribution in [1.82, 2.24) is 19.9 Å². The van der Waals surface area contributed by atoms with Crippen molar-refractivity contribution in [2.45, 2.75) is 63.1 Å². The van der Waals surface area contributed by atoms with Crippen LogP contribution >= 0.6 is 0 Å². The number of aromatic nitrogens is 3. The van der Waals surface area contributed by atoms with Crippen LogP contribution in [0.4, 0.5) is 18.9 Å². The number of piperidine rings is 1. The van der Waals surface area contributed by atoms with E-state index in [1.54, 1.807) is 30.7 Å². The van der Waals surface area contributed by atoms with Crippen LogP contribution in [-0.2, 0) is 16.6 Å². The van der Waals surface area contributed by atoms with E-state index in [0.717, 1.165) is 50.4 Å². The first-order chi connectivity index (χ1) is 20.7. The minimum absolute atomic E-state index is 0.0715. The van der Waals surface area contributed by atoms with Gasteiger partial charge in [-0.25, -0.2) is 9.97 Å². The summed E-state index contributed by atoms with van der Waals surface area (Å²) in [5.41, 5.74) is 0.521. The topological polar surface area (TPSA) is 82.5 Å². The second-order valence-electron chi connectivity index (χ2n) is 12.5. The van der Waals surface area contributed by atoms with E-state index in [2.05, 4.69) is 15.0 Å². The molecule has 3 fully saturated rings. The number of carbonyl (C=O) groups is 1. The summed E-state index contributed by atoms with van der Waals surface area (Å²) in [7, 11) is 0. The number of anilines is 1. The van der Waals surface area contributed by atoms with E-state index < -0.39 is 17.3 Å². The maximum Gasteiger partial charge on any atom is 0.416 e. The van der Waals surface area contributed by atoms with Crippen molar-refractivity contribution >= 4 is 11.6 Å². The SMILES string of the molecule is O=C(C1CCN(c2cccc(C(F)(F)F)c2)CC1)N1CC[C@H](CC2CCC(O)(c3ccc(-c4ncccn4)cn3)CC2)C1. The molecule has 2 saturated heterocycles. The van der Waals surface area contributed by atoms with Gasteiger partial charge in [-0.3, -0.25) is 9.78 Å². The molecule has 7 nitrogen and oxygen atoms in total. The van der Waals surface area contributed by atoms with Crippen LogP contribution in [0.3, 0.4) is 0 Å². The number of hydrogen-bond acceptors (Lipinski definition) is 6. The number of rotatable bonds is 6. The summed E-state index contributed by atoms with van der Waals surface area (Å²) in [6.45, 7) is 2.71. The average molecular weight is 594 g/mol. The van der Waals surface area contributed by atoms with Crippen molar-refractivity contribution in [3.05, 3.63) is 72.3 Å². The number of aliphatic hydroxyl groups is 1. The lowest BCUT2D eigenvalue weighted by Gasteiger charge is -2.36. The van der Waals surface area contributed by atoms with Crippen LogP contribution in [0.15, 0.2) is 61.1 Å². The molecular formula is C33H38F3N5O2. The molecular weight excluding hydrogens is 555 g/mol. The Bertz CT molecular complexity index is 1390. The number of hydrogen-bond donors (Lipinski definition) is 1.